The van der Waals surface area contributed by atoms with Gasteiger partial charge in [0.1, 0.15) is 18.2 Å². The van der Waals surface area contributed by atoms with Crippen molar-refractivity contribution in [1.29, 1.82) is 0 Å². The third kappa shape index (κ3) is 10.3. The van der Waals surface area contributed by atoms with Gasteiger partial charge in [-0.25, -0.2) is 10.5 Å². The molecule has 0 atom stereocenters. The van der Waals surface area contributed by atoms with Crippen LogP contribution in [0.5, 0.6) is 0 Å². The molecule has 1 heterocycles. The Balaban J connectivity index is 2.91. The molecule has 0 aliphatic heterocycles. The highest BCUT2D eigenvalue weighted by molar-refractivity contribution is 5.86. The number of amides is 2. The fourth-order valence-electron chi connectivity index (χ4n) is 2.79. The zero-order valence-electron chi connectivity index (χ0n) is 18.0. The minimum Gasteiger partial charge on any atom is -0.369 e. The lowest BCUT2D eigenvalue weighted by atomic mass is 10.1. The maximum Gasteiger partial charge on any atom is 0.405 e. The number of alkyl halides is 3. The van der Waals surface area contributed by atoms with Crippen LogP contribution in [-0.4, -0.2) is 45.8 Å². The summed E-state index contributed by atoms with van der Waals surface area (Å²) in [5, 5.41) is 13.4. The molecule has 0 aliphatic rings. The maximum atomic E-state index is 12.2. The molecule has 0 fully saturated rings. The molecular formula is C21H30F3N5O3. The molecule has 2 amide bonds. The summed E-state index contributed by atoms with van der Waals surface area (Å²) in [6.07, 6.45) is 7.47. The number of nitrogens with zero attached hydrogens (tertiary/aromatic N) is 2. The van der Waals surface area contributed by atoms with Gasteiger partial charge in [0, 0.05) is 25.2 Å². The second-order valence-corrected chi connectivity index (χ2v) is 6.89. The third-order valence-corrected chi connectivity index (χ3v) is 4.30. The van der Waals surface area contributed by atoms with Crippen molar-refractivity contribution in [3.05, 3.63) is 36.3 Å². The molecule has 11 heteroatoms. The van der Waals surface area contributed by atoms with Crippen LogP contribution in [-0.2, 0) is 16.0 Å². The highest BCUT2D eigenvalue weighted by atomic mass is 19.4. The van der Waals surface area contributed by atoms with E-state index in [9.17, 15) is 22.8 Å². The van der Waals surface area contributed by atoms with Crippen molar-refractivity contribution in [1.82, 2.24) is 20.3 Å². The first-order valence-corrected chi connectivity index (χ1v) is 10.3. The molecule has 4 N–H and O–H groups in total. The van der Waals surface area contributed by atoms with Crippen LogP contribution in [0.15, 0.2) is 24.8 Å². The largest absolute Gasteiger partial charge is 0.405 e. The monoisotopic (exact) mass is 457 g/mol. The molecule has 8 nitrogen and oxygen atoms in total. The molecule has 0 aliphatic carbocycles. The number of hydroxylamine groups is 1. The Morgan fingerprint density at radius 1 is 1.22 bits per heavy atom. The number of aryl methyl sites for hydroxylation is 1. The van der Waals surface area contributed by atoms with Gasteiger partial charge in [-0.1, -0.05) is 44.9 Å². The van der Waals surface area contributed by atoms with Crippen molar-refractivity contribution in [2.75, 3.05) is 18.4 Å². The molecule has 0 bridgehead atoms. The molecule has 0 spiro atoms. The van der Waals surface area contributed by atoms with E-state index in [4.69, 9.17) is 5.21 Å². The number of hydrogen-bond donors (Lipinski definition) is 4. The lowest BCUT2D eigenvalue weighted by Crippen LogP contribution is -2.34. The Morgan fingerprint density at radius 3 is 2.59 bits per heavy atom. The number of carbonyl (C=O) groups is 2. The zero-order chi connectivity index (χ0) is 24.0. The molecule has 1 aromatic heterocycles. The Bertz CT molecular complexity index is 816. The van der Waals surface area contributed by atoms with Crippen LogP contribution in [0.2, 0.25) is 0 Å². The molecule has 0 saturated heterocycles. The molecule has 178 valence electrons. The number of allylic oxidation sites excluding steroid dienone is 2. The minimum absolute atomic E-state index is 0.116. The highest BCUT2D eigenvalue weighted by Crippen LogP contribution is 2.22. The van der Waals surface area contributed by atoms with E-state index in [-0.39, 0.29) is 13.0 Å². The molecule has 0 radical (unpaired) electrons. The van der Waals surface area contributed by atoms with Gasteiger partial charge in [0.2, 0.25) is 5.91 Å². The molecule has 0 aromatic carbocycles. The Kier molecular flexibility index (Phi) is 11.9. The number of aromatic nitrogens is 2. The van der Waals surface area contributed by atoms with E-state index in [1.807, 2.05) is 5.32 Å². The summed E-state index contributed by atoms with van der Waals surface area (Å²) in [5.74, 6) is -0.263. The predicted molar refractivity (Wildman–Crippen MR) is 117 cm³/mol. The summed E-state index contributed by atoms with van der Waals surface area (Å²) in [6, 6.07) is 0. The minimum atomic E-state index is -4.45. The normalized spacial score (nSPS) is 11.8. The maximum absolute atomic E-state index is 12.2. The molecule has 0 unspecified atom stereocenters. The van der Waals surface area contributed by atoms with Gasteiger partial charge in [-0.05, 0) is 18.9 Å². The number of hydrogen-bond acceptors (Lipinski definition) is 5. The molecule has 32 heavy (non-hydrogen) atoms. The number of anilines is 1. The SMILES string of the molecule is C=Cn1c(C=CC=CC(=O)NO)nc(CCCCCC)c1NCCC(=O)NCC(F)(F)F. The first-order chi connectivity index (χ1) is 15.2. The molecular weight excluding hydrogens is 427 g/mol. The van der Waals surface area contributed by atoms with Gasteiger partial charge in [-0.2, -0.15) is 13.2 Å². The summed E-state index contributed by atoms with van der Waals surface area (Å²) in [4.78, 5) is 27.3. The fraction of sp³-hybridized carbons (Fsp3) is 0.476. The van der Waals surface area contributed by atoms with Gasteiger partial charge in [0.25, 0.3) is 5.91 Å². The molecule has 1 aromatic rings. The number of carbonyl (C=O) groups excluding carboxylic acids is 2. The first kappa shape index (κ1) is 27.0. The van der Waals surface area contributed by atoms with Crippen LogP contribution in [0.4, 0.5) is 19.0 Å². The van der Waals surface area contributed by atoms with Gasteiger partial charge in [0.05, 0.1) is 5.69 Å². The Hall–Kier alpha value is -3.08. The lowest BCUT2D eigenvalue weighted by molar-refractivity contribution is -0.138. The highest BCUT2D eigenvalue weighted by Gasteiger charge is 2.27. The van der Waals surface area contributed by atoms with Gasteiger partial charge < -0.3 is 10.6 Å². The molecule has 0 saturated carbocycles. The predicted octanol–water partition coefficient (Wildman–Crippen LogP) is 3.66. The van der Waals surface area contributed by atoms with Crippen molar-refractivity contribution in [2.45, 2.75) is 51.6 Å². The summed E-state index contributed by atoms with van der Waals surface area (Å²) in [5.41, 5.74) is 2.22. The van der Waals surface area contributed by atoms with E-state index < -0.39 is 24.5 Å². The topological polar surface area (TPSA) is 108 Å². The fourth-order valence-corrected chi connectivity index (χ4v) is 2.79. The summed E-state index contributed by atoms with van der Waals surface area (Å²) in [7, 11) is 0. The quantitative estimate of drug-likeness (QED) is 0.112. The standard InChI is InChI=1S/C21H30F3N5O3/c1-3-5-6-7-10-16-20(25-14-13-18(30)26-15-21(22,23)24)29(4-2)17(27-16)11-8-9-12-19(31)28-32/h4,8-9,11-12,25,32H,2-3,5-7,10,13-15H2,1H3,(H,26,30)(H,28,31). The van der Waals surface area contributed by atoms with E-state index >= 15 is 0 Å². The van der Waals surface area contributed by atoms with Crippen LogP contribution in [0.25, 0.3) is 12.3 Å². The number of unbranched alkanes of at least 4 members (excludes halogenated alkanes) is 3. The van der Waals surface area contributed by atoms with Crippen LogP contribution in [0.3, 0.4) is 0 Å². The van der Waals surface area contributed by atoms with Crippen LogP contribution in [0, 0.1) is 0 Å². The summed E-state index contributed by atoms with van der Waals surface area (Å²) < 4.78 is 38.3. The second-order valence-electron chi connectivity index (χ2n) is 6.89. The van der Waals surface area contributed by atoms with E-state index in [1.54, 1.807) is 16.7 Å². The average Bonchev–Trinajstić information content (AvgIpc) is 3.08. The summed E-state index contributed by atoms with van der Waals surface area (Å²) >= 11 is 0. The number of rotatable bonds is 14. The van der Waals surface area contributed by atoms with Crippen molar-refractivity contribution in [3.63, 3.8) is 0 Å². The van der Waals surface area contributed by atoms with Gasteiger partial charge >= 0.3 is 6.18 Å². The van der Waals surface area contributed by atoms with E-state index in [1.165, 1.54) is 17.8 Å². The Labute approximate surface area is 185 Å². The average molecular weight is 457 g/mol. The van der Waals surface area contributed by atoms with E-state index in [0.29, 0.717) is 18.1 Å². The molecule has 1 rings (SSSR count). The van der Waals surface area contributed by atoms with Crippen LogP contribution < -0.4 is 16.1 Å². The second kappa shape index (κ2) is 14.1. The lowest BCUT2D eigenvalue weighted by Gasteiger charge is -2.11. The van der Waals surface area contributed by atoms with Gasteiger partial charge in [0.15, 0.2) is 0 Å². The van der Waals surface area contributed by atoms with Crippen LogP contribution in [0.1, 0.15) is 50.5 Å². The van der Waals surface area contributed by atoms with E-state index in [2.05, 4.69) is 23.8 Å². The van der Waals surface area contributed by atoms with Crippen molar-refractivity contribution >= 4 is 29.9 Å². The van der Waals surface area contributed by atoms with Crippen molar-refractivity contribution in [2.24, 2.45) is 0 Å². The van der Waals surface area contributed by atoms with Crippen molar-refractivity contribution < 1.29 is 28.0 Å². The van der Waals surface area contributed by atoms with Gasteiger partial charge in [-0.3, -0.25) is 19.4 Å². The summed E-state index contributed by atoms with van der Waals surface area (Å²) in [6.45, 7) is 4.63. The number of imidazole rings is 1. The van der Waals surface area contributed by atoms with Crippen molar-refractivity contribution in [3.8, 4) is 0 Å². The zero-order valence-corrected chi connectivity index (χ0v) is 18.0. The Morgan fingerprint density at radius 2 is 1.97 bits per heavy atom. The van der Waals surface area contributed by atoms with Gasteiger partial charge in [-0.15, -0.1) is 0 Å². The van der Waals surface area contributed by atoms with E-state index in [0.717, 1.165) is 37.5 Å². The third-order valence-electron chi connectivity index (χ3n) is 4.30. The number of nitrogens with one attached hydrogen (secondary N) is 3. The smallest absolute Gasteiger partial charge is 0.369 e. The first-order valence-electron chi connectivity index (χ1n) is 10.3. The number of halogens is 3. The van der Waals surface area contributed by atoms with Crippen LogP contribution >= 0.6 is 0 Å².